The lowest BCUT2D eigenvalue weighted by molar-refractivity contribution is -0.117. The van der Waals surface area contributed by atoms with Crippen LogP contribution in [0, 0.1) is 0 Å². The van der Waals surface area contributed by atoms with E-state index in [0.29, 0.717) is 19.6 Å². The molecule has 0 aromatic heterocycles. The lowest BCUT2D eigenvalue weighted by atomic mass is 10.2. The summed E-state index contributed by atoms with van der Waals surface area (Å²) in [5.74, 6) is 0.791. The summed E-state index contributed by atoms with van der Waals surface area (Å²) in [5, 5.41) is 2.96. The molecule has 2 aromatic rings. The zero-order chi connectivity index (χ0) is 18.1. The maximum Gasteiger partial charge on any atom is 0.238 e. The minimum atomic E-state index is -0.0337. The Morgan fingerprint density at radius 2 is 2.04 bits per heavy atom. The van der Waals surface area contributed by atoms with Crippen molar-refractivity contribution in [3.63, 3.8) is 0 Å². The molecule has 0 bridgehead atoms. The van der Waals surface area contributed by atoms with Crippen molar-refractivity contribution in [2.75, 3.05) is 31.8 Å². The molecule has 0 aliphatic rings. The van der Waals surface area contributed by atoms with Gasteiger partial charge in [0.25, 0.3) is 0 Å². The molecule has 5 heteroatoms. The number of carbonyl (C=O) groups is 1. The molecule has 25 heavy (non-hydrogen) atoms. The molecule has 0 aliphatic carbocycles. The standard InChI is InChI=1S/C20H24N2O2S/c1-4-12-22(14-16-8-10-18(24-2)11-9-16)15-20(23)21-17-6-5-7-19(13-17)25-3/h4-11,13H,1,12,14-15H2,2-3H3,(H,21,23). The second kappa shape index (κ2) is 9.91. The maximum absolute atomic E-state index is 12.4. The monoisotopic (exact) mass is 356 g/mol. The van der Waals surface area contributed by atoms with Gasteiger partial charge in [-0.25, -0.2) is 0 Å². The lowest BCUT2D eigenvalue weighted by Crippen LogP contribution is -2.33. The van der Waals surface area contributed by atoms with Crippen molar-refractivity contribution < 1.29 is 9.53 Å². The van der Waals surface area contributed by atoms with E-state index in [1.165, 1.54) is 0 Å². The van der Waals surface area contributed by atoms with Crippen LogP contribution in [-0.2, 0) is 11.3 Å². The molecule has 0 fully saturated rings. The van der Waals surface area contributed by atoms with E-state index in [1.54, 1.807) is 18.9 Å². The van der Waals surface area contributed by atoms with Crippen LogP contribution in [0.1, 0.15) is 5.56 Å². The Balaban J connectivity index is 1.96. The van der Waals surface area contributed by atoms with Gasteiger partial charge in [0, 0.05) is 23.7 Å². The van der Waals surface area contributed by atoms with Gasteiger partial charge in [0.1, 0.15) is 5.75 Å². The molecule has 1 amide bonds. The molecular formula is C20H24N2O2S. The summed E-state index contributed by atoms with van der Waals surface area (Å²) in [6.45, 7) is 5.41. The average Bonchev–Trinajstić information content (AvgIpc) is 2.62. The highest BCUT2D eigenvalue weighted by Gasteiger charge is 2.11. The third-order valence-corrected chi connectivity index (χ3v) is 4.40. The van der Waals surface area contributed by atoms with Crippen molar-refractivity contribution in [3.05, 3.63) is 66.7 Å². The van der Waals surface area contributed by atoms with E-state index in [0.717, 1.165) is 21.9 Å². The molecule has 0 radical (unpaired) electrons. The first-order valence-corrected chi connectivity index (χ1v) is 9.27. The van der Waals surface area contributed by atoms with Gasteiger partial charge in [0.05, 0.1) is 13.7 Å². The van der Waals surface area contributed by atoms with E-state index in [2.05, 4.69) is 11.9 Å². The van der Waals surface area contributed by atoms with E-state index >= 15 is 0 Å². The van der Waals surface area contributed by atoms with Crippen LogP contribution in [0.25, 0.3) is 0 Å². The first-order valence-electron chi connectivity index (χ1n) is 8.04. The highest BCUT2D eigenvalue weighted by Crippen LogP contribution is 2.19. The van der Waals surface area contributed by atoms with Crippen LogP contribution in [0.3, 0.4) is 0 Å². The molecule has 2 rings (SSSR count). The number of hydrogen-bond donors (Lipinski definition) is 1. The summed E-state index contributed by atoms with van der Waals surface area (Å²) in [4.78, 5) is 15.5. The normalized spacial score (nSPS) is 10.5. The average molecular weight is 356 g/mol. The summed E-state index contributed by atoms with van der Waals surface area (Å²) in [5.41, 5.74) is 1.94. The molecule has 4 nitrogen and oxygen atoms in total. The number of rotatable bonds is 9. The fourth-order valence-electron chi connectivity index (χ4n) is 2.46. The van der Waals surface area contributed by atoms with Crippen LogP contribution >= 0.6 is 11.8 Å². The van der Waals surface area contributed by atoms with Crippen LogP contribution in [0.2, 0.25) is 0 Å². The number of nitrogens with zero attached hydrogens (tertiary/aromatic N) is 1. The number of amides is 1. The minimum absolute atomic E-state index is 0.0337. The number of hydrogen-bond acceptors (Lipinski definition) is 4. The first-order chi connectivity index (χ1) is 12.1. The summed E-state index contributed by atoms with van der Waals surface area (Å²) < 4.78 is 5.18. The van der Waals surface area contributed by atoms with Crippen molar-refractivity contribution in [1.29, 1.82) is 0 Å². The Kier molecular flexibility index (Phi) is 7.57. The van der Waals surface area contributed by atoms with E-state index in [4.69, 9.17) is 4.74 Å². The summed E-state index contributed by atoms with van der Waals surface area (Å²) in [6, 6.07) is 15.7. The summed E-state index contributed by atoms with van der Waals surface area (Å²) in [6.07, 6.45) is 3.83. The number of anilines is 1. The fourth-order valence-corrected chi connectivity index (χ4v) is 2.92. The molecule has 0 aliphatic heterocycles. The molecule has 2 aromatic carbocycles. The van der Waals surface area contributed by atoms with Gasteiger partial charge >= 0.3 is 0 Å². The van der Waals surface area contributed by atoms with Gasteiger partial charge < -0.3 is 10.1 Å². The van der Waals surface area contributed by atoms with Crippen LogP contribution < -0.4 is 10.1 Å². The van der Waals surface area contributed by atoms with Gasteiger partial charge in [-0.2, -0.15) is 0 Å². The molecule has 0 unspecified atom stereocenters. The van der Waals surface area contributed by atoms with Crippen LogP contribution in [0.5, 0.6) is 5.75 Å². The molecular weight excluding hydrogens is 332 g/mol. The van der Waals surface area contributed by atoms with Crippen molar-refractivity contribution in [3.8, 4) is 5.75 Å². The van der Waals surface area contributed by atoms with Gasteiger partial charge in [0.2, 0.25) is 5.91 Å². The zero-order valence-corrected chi connectivity index (χ0v) is 15.5. The Bertz CT molecular complexity index is 701. The maximum atomic E-state index is 12.4. The Labute approximate surface area is 153 Å². The number of benzene rings is 2. The number of methoxy groups -OCH3 is 1. The van der Waals surface area contributed by atoms with E-state index in [9.17, 15) is 4.79 Å². The van der Waals surface area contributed by atoms with E-state index in [-0.39, 0.29) is 5.91 Å². The molecule has 132 valence electrons. The lowest BCUT2D eigenvalue weighted by Gasteiger charge is -2.20. The highest BCUT2D eigenvalue weighted by atomic mass is 32.2. The van der Waals surface area contributed by atoms with Crippen LogP contribution in [0.15, 0.2) is 66.1 Å². The Hall–Kier alpha value is -2.24. The molecule has 0 heterocycles. The smallest absolute Gasteiger partial charge is 0.238 e. The van der Waals surface area contributed by atoms with Gasteiger partial charge in [-0.3, -0.25) is 9.69 Å². The van der Waals surface area contributed by atoms with Crippen LogP contribution in [0.4, 0.5) is 5.69 Å². The molecule has 1 N–H and O–H groups in total. The van der Waals surface area contributed by atoms with E-state index < -0.39 is 0 Å². The van der Waals surface area contributed by atoms with E-state index in [1.807, 2.05) is 65.8 Å². The SMILES string of the molecule is C=CCN(CC(=O)Nc1cccc(SC)c1)Cc1ccc(OC)cc1. The third-order valence-electron chi connectivity index (χ3n) is 3.67. The quantitative estimate of drug-likeness (QED) is 0.544. The first kappa shape index (κ1) is 19.1. The summed E-state index contributed by atoms with van der Waals surface area (Å²) in [7, 11) is 1.65. The van der Waals surface area contributed by atoms with Gasteiger partial charge in [-0.15, -0.1) is 18.3 Å². The zero-order valence-electron chi connectivity index (χ0n) is 14.7. The second-order valence-corrected chi connectivity index (χ2v) is 6.47. The fraction of sp³-hybridized carbons (Fsp3) is 0.250. The summed E-state index contributed by atoms with van der Waals surface area (Å²) >= 11 is 1.65. The number of nitrogens with one attached hydrogen (secondary N) is 1. The molecule has 0 saturated carbocycles. The Morgan fingerprint density at radius 1 is 1.28 bits per heavy atom. The Morgan fingerprint density at radius 3 is 2.68 bits per heavy atom. The molecule has 0 spiro atoms. The topological polar surface area (TPSA) is 41.6 Å². The number of ether oxygens (including phenoxy) is 1. The molecule has 0 saturated heterocycles. The number of carbonyl (C=O) groups excluding carboxylic acids is 1. The minimum Gasteiger partial charge on any atom is -0.497 e. The van der Waals surface area contributed by atoms with Gasteiger partial charge in [-0.05, 0) is 42.2 Å². The van der Waals surface area contributed by atoms with Crippen molar-refractivity contribution in [2.45, 2.75) is 11.4 Å². The number of thioether (sulfide) groups is 1. The van der Waals surface area contributed by atoms with Gasteiger partial charge in [0.15, 0.2) is 0 Å². The van der Waals surface area contributed by atoms with Crippen LogP contribution in [-0.4, -0.2) is 37.3 Å². The van der Waals surface area contributed by atoms with Crippen molar-refractivity contribution in [2.24, 2.45) is 0 Å². The van der Waals surface area contributed by atoms with Crippen molar-refractivity contribution >= 4 is 23.4 Å². The predicted molar refractivity (Wildman–Crippen MR) is 105 cm³/mol. The third kappa shape index (κ3) is 6.29. The van der Waals surface area contributed by atoms with Crippen molar-refractivity contribution in [1.82, 2.24) is 4.90 Å². The largest absolute Gasteiger partial charge is 0.497 e. The molecule has 0 atom stereocenters. The predicted octanol–water partition coefficient (Wildman–Crippen LogP) is 4.04. The second-order valence-electron chi connectivity index (χ2n) is 5.59. The highest BCUT2D eigenvalue weighted by molar-refractivity contribution is 7.98. The van der Waals surface area contributed by atoms with Gasteiger partial charge in [-0.1, -0.05) is 24.3 Å².